The summed E-state index contributed by atoms with van der Waals surface area (Å²) in [7, 11) is 0. The Morgan fingerprint density at radius 2 is 1.91 bits per heavy atom. The number of hydrogen-bond acceptors (Lipinski definition) is 6. The van der Waals surface area contributed by atoms with Crippen molar-refractivity contribution in [1.29, 1.82) is 0 Å². The third-order valence-electron chi connectivity index (χ3n) is 3.34. The molecule has 0 aromatic carbocycles. The van der Waals surface area contributed by atoms with Gasteiger partial charge in [0.25, 0.3) is 0 Å². The molecule has 1 aliphatic rings. The lowest BCUT2D eigenvalue weighted by molar-refractivity contribution is 0.567. The van der Waals surface area contributed by atoms with Crippen molar-refractivity contribution in [2.75, 3.05) is 5.01 Å². The number of aromatic nitrogens is 4. The molecule has 0 amide bonds. The lowest BCUT2D eigenvalue weighted by Gasteiger charge is -2.17. The van der Waals surface area contributed by atoms with Crippen molar-refractivity contribution < 1.29 is 4.39 Å². The van der Waals surface area contributed by atoms with Gasteiger partial charge in [0.2, 0.25) is 5.95 Å². The second kappa shape index (κ2) is 7.23. The summed E-state index contributed by atoms with van der Waals surface area (Å²) in [6.45, 7) is 9.79. The molecule has 1 N–H and O–H groups in total. The smallest absolute Gasteiger partial charge is 0.241 e. The van der Waals surface area contributed by atoms with Gasteiger partial charge in [0.15, 0.2) is 0 Å². The first kappa shape index (κ1) is 17.0. The van der Waals surface area contributed by atoms with E-state index in [9.17, 15) is 4.39 Å². The molecule has 1 aliphatic heterocycles. The maximum Gasteiger partial charge on any atom is 0.241 e. The zero-order chi connectivity index (χ0) is 17.0. The fraction of sp³-hybridized carbons (Fsp3) is 0.375. The summed E-state index contributed by atoms with van der Waals surface area (Å²) >= 11 is 0. The van der Waals surface area contributed by atoms with Gasteiger partial charge in [0, 0.05) is 18.0 Å². The highest BCUT2D eigenvalue weighted by Gasteiger charge is 2.26. The first-order chi connectivity index (χ1) is 11.1. The fourth-order valence-electron chi connectivity index (χ4n) is 2.26. The molecule has 0 radical (unpaired) electrons. The molecule has 0 spiro atoms. The van der Waals surface area contributed by atoms with Crippen molar-refractivity contribution in [3.05, 3.63) is 48.0 Å². The van der Waals surface area contributed by atoms with Gasteiger partial charge in [-0.1, -0.05) is 13.8 Å². The highest BCUT2D eigenvalue weighted by molar-refractivity contribution is 5.74. The summed E-state index contributed by atoms with van der Waals surface area (Å²) in [5.74, 6) is 0.133. The molecule has 3 heterocycles. The zero-order valence-electron chi connectivity index (χ0n) is 14.0. The van der Waals surface area contributed by atoms with Crippen LogP contribution in [0.15, 0.2) is 24.9 Å². The minimum atomic E-state index is -0.571. The number of aryl methyl sites for hydroxylation is 2. The summed E-state index contributed by atoms with van der Waals surface area (Å²) in [5, 5.41) is 1.59. The number of hydrogen-bond donors (Lipinski definition) is 1. The van der Waals surface area contributed by atoms with E-state index in [-0.39, 0.29) is 11.7 Å². The van der Waals surface area contributed by atoms with Gasteiger partial charge in [-0.05, 0) is 26.3 Å². The molecule has 2 aromatic rings. The molecule has 1 atom stereocenters. The van der Waals surface area contributed by atoms with E-state index < -0.39 is 5.95 Å². The normalized spacial score (nSPS) is 16.7. The standard InChI is InChI=1S/C14H15FN6.C2H6/c1-8-4-17-10(3)19-13(8)11-6-21(20-9(11)2)12-5-16-7-18-14(12)15;1-2/h4-7,9,20H,1-3H3;1-2H3. The summed E-state index contributed by atoms with van der Waals surface area (Å²) in [6, 6.07) is -0.00222. The summed E-state index contributed by atoms with van der Waals surface area (Å²) in [6.07, 6.45) is 6.22. The van der Waals surface area contributed by atoms with E-state index in [0.717, 1.165) is 16.8 Å². The Hall–Kier alpha value is -2.41. The van der Waals surface area contributed by atoms with Crippen molar-refractivity contribution in [2.45, 2.75) is 40.7 Å². The predicted octanol–water partition coefficient (Wildman–Crippen LogP) is 2.80. The van der Waals surface area contributed by atoms with Gasteiger partial charge in [-0.3, -0.25) is 5.01 Å². The molecule has 3 rings (SSSR count). The maximum atomic E-state index is 13.8. The third kappa shape index (κ3) is 3.50. The number of rotatable bonds is 2. The highest BCUT2D eigenvalue weighted by Crippen LogP contribution is 2.28. The Bertz CT molecular complexity index is 715. The molecule has 122 valence electrons. The van der Waals surface area contributed by atoms with Crippen LogP contribution in [0.2, 0.25) is 0 Å². The topological polar surface area (TPSA) is 66.8 Å². The molecule has 0 fully saturated rings. The fourth-order valence-corrected chi connectivity index (χ4v) is 2.26. The minimum Gasteiger partial charge on any atom is -0.277 e. The van der Waals surface area contributed by atoms with Gasteiger partial charge in [-0.15, -0.1) is 0 Å². The zero-order valence-corrected chi connectivity index (χ0v) is 14.0. The van der Waals surface area contributed by atoms with Crippen LogP contribution in [0.1, 0.15) is 37.9 Å². The molecule has 23 heavy (non-hydrogen) atoms. The van der Waals surface area contributed by atoms with E-state index in [0.29, 0.717) is 5.82 Å². The number of anilines is 1. The van der Waals surface area contributed by atoms with Crippen molar-refractivity contribution in [3.63, 3.8) is 0 Å². The van der Waals surface area contributed by atoms with Crippen LogP contribution < -0.4 is 10.4 Å². The van der Waals surface area contributed by atoms with Gasteiger partial charge in [0.05, 0.1) is 17.9 Å². The minimum absolute atomic E-state index is 0.00222. The molecule has 2 aromatic heterocycles. The highest BCUT2D eigenvalue weighted by atomic mass is 19.1. The third-order valence-corrected chi connectivity index (χ3v) is 3.34. The second-order valence-corrected chi connectivity index (χ2v) is 4.95. The average Bonchev–Trinajstić information content (AvgIpc) is 2.93. The van der Waals surface area contributed by atoms with Crippen molar-refractivity contribution in [2.24, 2.45) is 0 Å². The van der Waals surface area contributed by atoms with Gasteiger partial charge < -0.3 is 0 Å². The number of nitrogens with zero attached hydrogens (tertiary/aromatic N) is 5. The van der Waals surface area contributed by atoms with E-state index in [1.54, 1.807) is 11.2 Å². The lowest BCUT2D eigenvalue weighted by atomic mass is 10.0. The summed E-state index contributed by atoms with van der Waals surface area (Å²) < 4.78 is 13.8. The Kier molecular flexibility index (Phi) is 5.33. The van der Waals surface area contributed by atoms with Crippen LogP contribution in [0.3, 0.4) is 0 Å². The van der Waals surface area contributed by atoms with E-state index >= 15 is 0 Å². The Morgan fingerprint density at radius 3 is 2.61 bits per heavy atom. The van der Waals surface area contributed by atoms with Gasteiger partial charge in [0.1, 0.15) is 17.8 Å². The van der Waals surface area contributed by atoms with Gasteiger partial charge >= 0.3 is 0 Å². The Morgan fingerprint density at radius 1 is 1.17 bits per heavy atom. The lowest BCUT2D eigenvalue weighted by Crippen LogP contribution is -2.35. The Labute approximate surface area is 135 Å². The number of nitrogens with one attached hydrogen (secondary N) is 1. The molecule has 0 saturated heterocycles. The van der Waals surface area contributed by atoms with Crippen LogP contribution in [0.5, 0.6) is 0 Å². The van der Waals surface area contributed by atoms with Crippen LogP contribution >= 0.6 is 0 Å². The van der Waals surface area contributed by atoms with E-state index in [1.165, 1.54) is 12.5 Å². The second-order valence-electron chi connectivity index (χ2n) is 4.95. The molecule has 1 unspecified atom stereocenters. The maximum absolute atomic E-state index is 13.8. The monoisotopic (exact) mass is 316 g/mol. The van der Waals surface area contributed by atoms with Crippen LogP contribution in [-0.2, 0) is 0 Å². The quantitative estimate of drug-likeness (QED) is 0.859. The van der Waals surface area contributed by atoms with E-state index in [1.807, 2.05) is 40.8 Å². The van der Waals surface area contributed by atoms with Gasteiger partial charge in [-0.25, -0.2) is 25.4 Å². The van der Waals surface area contributed by atoms with Crippen LogP contribution in [0.25, 0.3) is 5.57 Å². The SMILES string of the molecule is CC.Cc1ncc(C)c(C2=CN(c3cncnc3F)NC2C)n1. The van der Waals surface area contributed by atoms with Crippen molar-refractivity contribution >= 4 is 11.3 Å². The number of hydrazine groups is 1. The summed E-state index contributed by atoms with van der Waals surface area (Å²) in [4.78, 5) is 16.1. The van der Waals surface area contributed by atoms with Crippen LogP contribution in [0.4, 0.5) is 10.1 Å². The van der Waals surface area contributed by atoms with Crippen molar-refractivity contribution in [3.8, 4) is 0 Å². The summed E-state index contributed by atoms with van der Waals surface area (Å²) in [5.41, 5.74) is 6.26. The molecular weight excluding hydrogens is 295 g/mol. The van der Waals surface area contributed by atoms with Crippen LogP contribution in [0, 0.1) is 19.8 Å². The largest absolute Gasteiger partial charge is 0.277 e. The first-order valence-electron chi connectivity index (χ1n) is 7.59. The first-order valence-corrected chi connectivity index (χ1v) is 7.59. The van der Waals surface area contributed by atoms with Gasteiger partial charge in [-0.2, -0.15) is 4.39 Å². The average molecular weight is 316 g/mol. The van der Waals surface area contributed by atoms with Crippen molar-refractivity contribution in [1.82, 2.24) is 25.4 Å². The molecule has 0 bridgehead atoms. The van der Waals surface area contributed by atoms with Crippen LogP contribution in [-0.4, -0.2) is 26.0 Å². The molecule has 0 saturated carbocycles. The number of halogens is 1. The molecule has 0 aliphatic carbocycles. The molecular formula is C16H21FN6. The van der Waals surface area contributed by atoms with E-state index in [2.05, 4.69) is 25.4 Å². The molecule has 7 heteroatoms. The Balaban J connectivity index is 0.000000924. The predicted molar refractivity (Wildman–Crippen MR) is 87.9 cm³/mol. The van der Waals surface area contributed by atoms with E-state index in [4.69, 9.17) is 0 Å². The molecule has 6 nitrogen and oxygen atoms in total.